The summed E-state index contributed by atoms with van der Waals surface area (Å²) < 4.78 is 0. The second-order valence-electron chi connectivity index (χ2n) is 5.27. The Morgan fingerprint density at radius 3 is 2.18 bits per heavy atom. The molecule has 3 heteroatoms. The van der Waals surface area contributed by atoms with E-state index in [1.54, 1.807) is 0 Å². The Kier molecular flexibility index (Phi) is 6.56. The van der Waals surface area contributed by atoms with Crippen LogP contribution < -0.4 is 5.32 Å². The van der Waals surface area contributed by atoms with Crippen LogP contribution in [0.15, 0.2) is 0 Å². The molecule has 0 aromatic heterocycles. The van der Waals surface area contributed by atoms with Crippen molar-refractivity contribution in [1.29, 1.82) is 0 Å². The highest BCUT2D eigenvalue weighted by Crippen LogP contribution is 2.19. The number of unbranched alkanes of at least 4 members (excludes halogenated alkanes) is 2. The van der Waals surface area contributed by atoms with Crippen molar-refractivity contribution >= 4 is 5.91 Å². The molecule has 2 atom stereocenters. The summed E-state index contributed by atoms with van der Waals surface area (Å²) >= 11 is 0. The summed E-state index contributed by atoms with van der Waals surface area (Å²) in [5, 5.41) is 3.32. The predicted molar refractivity (Wildman–Crippen MR) is 71.9 cm³/mol. The molecule has 1 fully saturated rings. The largest absolute Gasteiger partial charge is 0.342 e. The van der Waals surface area contributed by atoms with Crippen LogP contribution in [0.2, 0.25) is 0 Å². The van der Waals surface area contributed by atoms with Crippen LogP contribution in [0.3, 0.4) is 0 Å². The smallest absolute Gasteiger partial charge is 0.227 e. The van der Waals surface area contributed by atoms with Gasteiger partial charge in [-0.25, -0.2) is 0 Å². The van der Waals surface area contributed by atoms with Crippen LogP contribution in [-0.2, 0) is 4.79 Å². The topological polar surface area (TPSA) is 32.3 Å². The van der Waals surface area contributed by atoms with Crippen LogP contribution >= 0.6 is 0 Å². The molecule has 1 N–H and O–H groups in total. The number of rotatable bonds is 7. The molecule has 0 saturated carbocycles. The molecular formula is C14H28N2O. The number of nitrogens with zero attached hydrogens (tertiary/aromatic N) is 1. The molecule has 0 aromatic rings. The van der Waals surface area contributed by atoms with Crippen LogP contribution in [0, 0.1) is 11.8 Å². The van der Waals surface area contributed by atoms with E-state index >= 15 is 0 Å². The Labute approximate surface area is 106 Å². The maximum Gasteiger partial charge on any atom is 0.227 e. The average Bonchev–Trinajstić information content (AvgIpc) is 2.75. The van der Waals surface area contributed by atoms with Gasteiger partial charge in [-0.1, -0.05) is 33.6 Å². The number of carbonyl (C=O) groups excluding carboxylic acids is 1. The fraction of sp³-hybridized carbons (Fsp3) is 0.929. The summed E-state index contributed by atoms with van der Waals surface area (Å²) in [6.45, 7) is 10.3. The molecule has 0 bridgehead atoms. The van der Waals surface area contributed by atoms with Crippen LogP contribution in [0.1, 0.15) is 46.5 Å². The third kappa shape index (κ3) is 4.30. The lowest BCUT2D eigenvalue weighted by Gasteiger charge is -2.27. The van der Waals surface area contributed by atoms with E-state index < -0.39 is 0 Å². The van der Waals surface area contributed by atoms with Gasteiger partial charge in [0.15, 0.2) is 0 Å². The summed E-state index contributed by atoms with van der Waals surface area (Å²) in [6.07, 6.45) is 4.58. The van der Waals surface area contributed by atoms with Gasteiger partial charge in [0, 0.05) is 19.6 Å². The second kappa shape index (κ2) is 7.70. The molecule has 1 aliphatic heterocycles. The highest BCUT2D eigenvalue weighted by atomic mass is 16.2. The van der Waals surface area contributed by atoms with Gasteiger partial charge in [-0.3, -0.25) is 4.79 Å². The molecule has 1 amide bonds. The van der Waals surface area contributed by atoms with Crippen LogP contribution in [0.5, 0.6) is 0 Å². The maximum atomic E-state index is 12.5. The Hall–Kier alpha value is -0.570. The van der Waals surface area contributed by atoms with E-state index in [4.69, 9.17) is 0 Å². The van der Waals surface area contributed by atoms with Crippen molar-refractivity contribution in [3.63, 3.8) is 0 Å². The van der Waals surface area contributed by atoms with E-state index in [0.29, 0.717) is 11.8 Å². The number of amides is 1. The lowest BCUT2D eigenvalue weighted by molar-refractivity contribution is -0.136. The molecule has 0 aliphatic carbocycles. The Bertz CT molecular complexity index is 222. The monoisotopic (exact) mass is 240 g/mol. The first-order valence-corrected chi connectivity index (χ1v) is 7.20. The highest BCUT2D eigenvalue weighted by Gasteiger charge is 2.32. The van der Waals surface area contributed by atoms with Gasteiger partial charge in [-0.15, -0.1) is 0 Å². The van der Waals surface area contributed by atoms with Crippen molar-refractivity contribution in [1.82, 2.24) is 10.2 Å². The molecule has 2 unspecified atom stereocenters. The summed E-state index contributed by atoms with van der Waals surface area (Å²) in [4.78, 5) is 14.6. The fourth-order valence-electron chi connectivity index (χ4n) is 2.41. The lowest BCUT2D eigenvalue weighted by atomic mass is 9.96. The molecular weight excluding hydrogens is 212 g/mol. The number of carbonyl (C=O) groups is 1. The van der Waals surface area contributed by atoms with Gasteiger partial charge in [0.2, 0.25) is 5.91 Å². The zero-order valence-corrected chi connectivity index (χ0v) is 11.7. The van der Waals surface area contributed by atoms with Gasteiger partial charge in [-0.05, 0) is 25.3 Å². The van der Waals surface area contributed by atoms with E-state index in [-0.39, 0.29) is 5.92 Å². The van der Waals surface area contributed by atoms with Gasteiger partial charge in [0.1, 0.15) is 0 Å². The minimum atomic E-state index is 0.212. The zero-order chi connectivity index (χ0) is 12.7. The van der Waals surface area contributed by atoms with Gasteiger partial charge >= 0.3 is 0 Å². The number of nitrogens with one attached hydrogen (secondary N) is 1. The van der Waals surface area contributed by atoms with Gasteiger partial charge in [0.05, 0.1) is 5.92 Å². The quantitative estimate of drug-likeness (QED) is 0.740. The van der Waals surface area contributed by atoms with Crippen molar-refractivity contribution in [2.45, 2.75) is 46.5 Å². The van der Waals surface area contributed by atoms with E-state index in [9.17, 15) is 4.79 Å². The highest BCUT2D eigenvalue weighted by molar-refractivity contribution is 5.79. The molecule has 0 spiro atoms. The van der Waals surface area contributed by atoms with Crippen molar-refractivity contribution in [3.05, 3.63) is 0 Å². The maximum absolute atomic E-state index is 12.5. The van der Waals surface area contributed by atoms with Crippen molar-refractivity contribution < 1.29 is 4.79 Å². The van der Waals surface area contributed by atoms with Crippen molar-refractivity contribution in [3.8, 4) is 0 Å². The molecule has 1 saturated heterocycles. The first-order chi connectivity index (χ1) is 8.20. The molecule has 1 aliphatic rings. The van der Waals surface area contributed by atoms with Gasteiger partial charge in [0.25, 0.3) is 0 Å². The third-order valence-corrected chi connectivity index (χ3v) is 3.71. The summed E-state index contributed by atoms with van der Waals surface area (Å²) in [5.74, 6) is 1.08. The summed E-state index contributed by atoms with van der Waals surface area (Å²) in [6, 6.07) is 0. The first-order valence-electron chi connectivity index (χ1n) is 7.20. The number of hydrogen-bond acceptors (Lipinski definition) is 2. The minimum absolute atomic E-state index is 0.212. The Morgan fingerprint density at radius 2 is 1.76 bits per heavy atom. The first kappa shape index (κ1) is 14.5. The zero-order valence-electron chi connectivity index (χ0n) is 11.7. The van der Waals surface area contributed by atoms with Crippen LogP contribution in [0.4, 0.5) is 0 Å². The van der Waals surface area contributed by atoms with E-state index in [0.717, 1.165) is 51.9 Å². The molecule has 1 rings (SSSR count). The molecule has 0 radical (unpaired) electrons. The fourth-order valence-corrected chi connectivity index (χ4v) is 2.41. The predicted octanol–water partition coefficient (Wildman–Crippen LogP) is 2.27. The molecule has 1 heterocycles. The molecule has 3 nitrogen and oxygen atoms in total. The third-order valence-electron chi connectivity index (χ3n) is 3.71. The summed E-state index contributed by atoms with van der Waals surface area (Å²) in [7, 11) is 0. The van der Waals surface area contributed by atoms with Crippen LogP contribution in [-0.4, -0.2) is 37.0 Å². The van der Waals surface area contributed by atoms with E-state index in [1.807, 2.05) is 0 Å². The lowest BCUT2D eigenvalue weighted by Crippen LogP contribution is -2.40. The average molecular weight is 240 g/mol. The normalized spacial score (nSPS) is 23.9. The van der Waals surface area contributed by atoms with Gasteiger partial charge in [-0.2, -0.15) is 0 Å². The van der Waals surface area contributed by atoms with Crippen LogP contribution in [0.25, 0.3) is 0 Å². The standard InChI is InChI=1S/C14H28N2O/c1-4-6-8-16(9-7-5-2)14(17)13-11-15-10-12(13)3/h12-13,15H,4-11H2,1-3H3. The number of hydrogen-bond donors (Lipinski definition) is 1. The summed E-state index contributed by atoms with van der Waals surface area (Å²) in [5.41, 5.74) is 0. The molecule has 0 aromatic carbocycles. The second-order valence-corrected chi connectivity index (χ2v) is 5.27. The Morgan fingerprint density at radius 1 is 1.18 bits per heavy atom. The SMILES string of the molecule is CCCCN(CCCC)C(=O)C1CNCC1C. The Balaban J connectivity index is 2.51. The van der Waals surface area contributed by atoms with E-state index in [1.165, 1.54) is 0 Å². The van der Waals surface area contributed by atoms with Crippen molar-refractivity contribution in [2.75, 3.05) is 26.2 Å². The van der Waals surface area contributed by atoms with E-state index in [2.05, 4.69) is 31.0 Å². The molecule has 100 valence electrons. The minimum Gasteiger partial charge on any atom is -0.342 e. The van der Waals surface area contributed by atoms with Gasteiger partial charge < -0.3 is 10.2 Å². The van der Waals surface area contributed by atoms with Crippen molar-refractivity contribution in [2.24, 2.45) is 11.8 Å². The molecule has 17 heavy (non-hydrogen) atoms.